The zero-order chi connectivity index (χ0) is 19.3. The topological polar surface area (TPSA) is 107 Å². The van der Waals surface area contributed by atoms with E-state index in [0.717, 1.165) is 48.5 Å². The number of nitrogens with zero attached hydrogens (tertiary/aromatic N) is 5. The Kier molecular flexibility index (Phi) is 5.43. The number of hydrogen-bond donors (Lipinski definition) is 2. The highest BCUT2D eigenvalue weighted by atomic mass is 16.5. The molecule has 0 atom stereocenters. The van der Waals surface area contributed by atoms with Gasteiger partial charge in [0, 0.05) is 38.2 Å². The zero-order valence-electron chi connectivity index (χ0n) is 15.8. The van der Waals surface area contributed by atoms with Crippen LogP contribution in [0.4, 0.5) is 5.69 Å². The molecule has 0 aromatic carbocycles. The summed E-state index contributed by atoms with van der Waals surface area (Å²) in [5, 5.41) is 11.7. The molecule has 3 aromatic rings. The molecule has 0 radical (unpaired) electrons. The van der Waals surface area contributed by atoms with Crippen LogP contribution in [-0.2, 0) is 17.8 Å². The molecule has 4 heterocycles. The van der Waals surface area contributed by atoms with E-state index in [2.05, 4.69) is 30.7 Å². The van der Waals surface area contributed by atoms with Gasteiger partial charge in [-0.05, 0) is 25.8 Å². The number of aryl methyl sites for hydroxylation is 1. The Balaban J connectivity index is 1.63. The average Bonchev–Trinajstić information content (AvgIpc) is 3.17. The van der Waals surface area contributed by atoms with E-state index >= 15 is 0 Å². The predicted molar refractivity (Wildman–Crippen MR) is 104 cm³/mol. The van der Waals surface area contributed by atoms with Gasteiger partial charge >= 0.3 is 0 Å². The number of carbonyl (C=O) groups excluding carboxylic acids is 1. The van der Waals surface area contributed by atoms with Crippen LogP contribution in [0.15, 0.2) is 31.0 Å². The molecule has 0 saturated carbocycles. The largest absolute Gasteiger partial charge is 0.381 e. The van der Waals surface area contributed by atoms with Gasteiger partial charge in [-0.3, -0.25) is 4.79 Å². The van der Waals surface area contributed by atoms with Crippen molar-refractivity contribution in [3.63, 3.8) is 0 Å². The van der Waals surface area contributed by atoms with Crippen molar-refractivity contribution in [3.8, 4) is 0 Å². The molecule has 2 N–H and O–H groups in total. The maximum atomic E-state index is 12.9. The van der Waals surface area contributed by atoms with Gasteiger partial charge in [-0.1, -0.05) is 0 Å². The van der Waals surface area contributed by atoms with Gasteiger partial charge in [-0.2, -0.15) is 5.10 Å². The molecule has 0 bridgehead atoms. The molecule has 1 amide bonds. The fraction of sp³-hybridized carbons (Fsp3) is 0.421. The molecule has 0 unspecified atom stereocenters. The van der Waals surface area contributed by atoms with Crippen molar-refractivity contribution in [2.75, 3.05) is 18.5 Å². The van der Waals surface area contributed by atoms with Crippen LogP contribution in [0.3, 0.4) is 0 Å². The van der Waals surface area contributed by atoms with Crippen molar-refractivity contribution in [1.29, 1.82) is 0 Å². The van der Waals surface area contributed by atoms with Crippen molar-refractivity contribution >= 4 is 22.6 Å². The molecule has 9 heteroatoms. The van der Waals surface area contributed by atoms with E-state index in [1.165, 1.54) is 6.33 Å². The lowest BCUT2D eigenvalue weighted by Crippen LogP contribution is -2.30. The Morgan fingerprint density at radius 2 is 2.14 bits per heavy atom. The summed E-state index contributed by atoms with van der Waals surface area (Å²) in [5.41, 5.74) is 2.79. The number of carbonyl (C=O) groups is 1. The van der Waals surface area contributed by atoms with E-state index in [9.17, 15) is 4.79 Å². The lowest BCUT2D eigenvalue weighted by Gasteiger charge is -2.25. The average molecular weight is 381 g/mol. The molecule has 3 aromatic heterocycles. The number of rotatable bonds is 6. The summed E-state index contributed by atoms with van der Waals surface area (Å²) in [7, 11) is 0. The minimum Gasteiger partial charge on any atom is -0.381 e. The van der Waals surface area contributed by atoms with Crippen molar-refractivity contribution in [2.45, 2.75) is 38.9 Å². The standard InChI is InChI=1S/C19H23N7O2/c1-2-26-18-15(11-24-26)17(25-13-4-7-28-8-5-13)16(10-21-18)19(27)22-9-14-3-6-20-12-23-14/h3,6,10-13H,2,4-5,7-9H2,1H3,(H,21,25)(H,22,27). The summed E-state index contributed by atoms with van der Waals surface area (Å²) in [6.07, 6.45) is 8.30. The van der Waals surface area contributed by atoms with Gasteiger partial charge in [0.15, 0.2) is 5.65 Å². The molecule has 0 spiro atoms. The van der Waals surface area contributed by atoms with Crippen LogP contribution >= 0.6 is 0 Å². The van der Waals surface area contributed by atoms with Crippen LogP contribution in [-0.4, -0.2) is 49.9 Å². The quantitative estimate of drug-likeness (QED) is 0.670. The molecule has 4 rings (SSSR count). The summed E-state index contributed by atoms with van der Waals surface area (Å²) in [4.78, 5) is 25.4. The van der Waals surface area contributed by atoms with Gasteiger partial charge in [-0.15, -0.1) is 0 Å². The smallest absolute Gasteiger partial charge is 0.255 e. The summed E-state index contributed by atoms with van der Waals surface area (Å²) in [6.45, 7) is 4.49. The molecule has 1 aliphatic heterocycles. The van der Waals surface area contributed by atoms with Crippen molar-refractivity contribution in [1.82, 2.24) is 30.0 Å². The van der Waals surface area contributed by atoms with Gasteiger partial charge in [0.05, 0.1) is 35.1 Å². The molecule has 1 saturated heterocycles. The second-order valence-corrected chi connectivity index (χ2v) is 6.66. The minimum atomic E-state index is -0.202. The summed E-state index contributed by atoms with van der Waals surface area (Å²) in [5.74, 6) is -0.202. The van der Waals surface area contributed by atoms with E-state index in [4.69, 9.17) is 4.74 Å². The molecule has 28 heavy (non-hydrogen) atoms. The Morgan fingerprint density at radius 3 is 2.89 bits per heavy atom. The van der Waals surface area contributed by atoms with E-state index < -0.39 is 0 Å². The second kappa shape index (κ2) is 8.30. The molecule has 1 fully saturated rings. The molecule has 1 aliphatic rings. The Bertz CT molecular complexity index is 952. The van der Waals surface area contributed by atoms with Gasteiger partial charge in [0.25, 0.3) is 5.91 Å². The number of amides is 1. The molecular weight excluding hydrogens is 358 g/mol. The third-order valence-electron chi connectivity index (χ3n) is 4.85. The van der Waals surface area contributed by atoms with Gasteiger partial charge in [0.1, 0.15) is 6.33 Å². The third kappa shape index (κ3) is 3.79. The number of ether oxygens (including phenoxy) is 1. The third-order valence-corrected chi connectivity index (χ3v) is 4.85. The lowest BCUT2D eigenvalue weighted by atomic mass is 10.1. The summed E-state index contributed by atoms with van der Waals surface area (Å²) >= 11 is 0. The first-order valence-corrected chi connectivity index (χ1v) is 9.48. The van der Waals surface area contributed by atoms with Crippen LogP contribution in [0.5, 0.6) is 0 Å². The number of hydrogen-bond acceptors (Lipinski definition) is 7. The van der Waals surface area contributed by atoms with Gasteiger partial charge in [0.2, 0.25) is 0 Å². The van der Waals surface area contributed by atoms with E-state index in [0.29, 0.717) is 18.7 Å². The fourth-order valence-electron chi connectivity index (χ4n) is 3.32. The minimum absolute atomic E-state index is 0.202. The predicted octanol–water partition coefficient (Wildman–Crippen LogP) is 1.76. The number of pyridine rings is 1. The first kappa shape index (κ1) is 18.3. The number of fused-ring (bicyclic) bond motifs is 1. The highest BCUT2D eigenvalue weighted by molar-refractivity contribution is 6.06. The Morgan fingerprint density at radius 1 is 1.29 bits per heavy atom. The molecule has 0 aliphatic carbocycles. The van der Waals surface area contributed by atoms with Gasteiger partial charge < -0.3 is 15.4 Å². The van der Waals surface area contributed by atoms with Crippen LogP contribution in [0.2, 0.25) is 0 Å². The fourth-order valence-corrected chi connectivity index (χ4v) is 3.32. The lowest BCUT2D eigenvalue weighted by molar-refractivity contribution is 0.0904. The maximum Gasteiger partial charge on any atom is 0.255 e. The Labute approximate surface area is 162 Å². The zero-order valence-corrected chi connectivity index (χ0v) is 15.8. The normalized spacial score (nSPS) is 14.9. The molecular formula is C19H23N7O2. The van der Waals surface area contributed by atoms with Crippen molar-refractivity contribution < 1.29 is 9.53 Å². The first-order valence-electron chi connectivity index (χ1n) is 9.48. The Hall–Kier alpha value is -3.07. The van der Waals surface area contributed by atoms with Crippen LogP contribution in [0.1, 0.15) is 35.8 Å². The van der Waals surface area contributed by atoms with E-state index in [1.54, 1.807) is 24.7 Å². The highest BCUT2D eigenvalue weighted by Gasteiger charge is 2.22. The first-order chi connectivity index (χ1) is 13.8. The van der Waals surface area contributed by atoms with Gasteiger partial charge in [-0.25, -0.2) is 19.6 Å². The van der Waals surface area contributed by atoms with Crippen LogP contribution < -0.4 is 10.6 Å². The SMILES string of the molecule is CCn1ncc2c(NC3CCOCC3)c(C(=O)NCc3ccncn3)cnc21. The number of nitrogens with one attached hydrogen (secondary N) is 2. The maximum absolute atomic E-state index is 12.9. The molecule has 9 nitrogen and oxygen atoms in total. The monoisotopic (exact) mass is 381 g/mol. The van der Waals surface area contributed by atoms with E-state index in [1.807, 2.05) is 11.6 Å². The molecule has 146 valence electrons. The van der Waals surface area contributed by atoms with E-state index in [-0.39, 0.29) is 11.9 Å². The van der Waals surface area contributed by atoms with Crippen LogP contribution in [0.25, 0.3) is 11.0 Å². The summed E-state index contributed by atoms with van der Waals surface area (Å²) in [6, 6.07) is 2.02. The highest BCUT2D eigenvalue weighted by Crippen LogP contribution is 2.28. The number of anilines is 1. The number of aromatic nitrogens is 5. The van der Waals surface area contributed by atoms with Crippen LogP contribution in [0, 0.1) is 0 Å². The second-order valence-electron chi connectivity index (χ2n) is 6.66. The van der Waals surface area contributed by atoms with Crippen molar-refractivity contribution in [2.24, 2.45) is 0 Å². The summed E-state index contributed by atoms with van der Waals surface area (Å²) < 4.78 is 7.28. The van der Waals surface area contributed by atoms with Crippen molar-refractivity contribution in [3.05, 3.63) is 42.2 Å².